The second kappa shape index (κ2) is 4.95. The molecule has 1 heterocycles. The lowest BCUT2D eigenvalue weighted by Gasteiger charge is -2.06. The summed E-state index contributed by atoms with van der Waals surface area (Å²) in [6.07, 6.45) is 1.74. The maximum atomic E-state index is 5.94. The van der Waals surface area contributed by atoms with Gasteiger partial charge < -0.3 is 5.32 Å². The highest BCUT2D eigenvalue weighted by Gasteiger charge is 2.06. The molecular formula is C10H10BrClN4. The SMILES string of the molecule is CNCc1cnnn1-c1ccc(Cl)c(Br)c1. The summed E-state index contributed by atoms with van der Waals surface area (Å²) in [5, 5.41) is 11.7. The Morgan fingerprint density at radius 2 is 2.31 bits per heavy atom. The molecule has 0 radical (unpaired) electrons. The van der Waals surface area contributed by atoms with Crippen molar-refractivity contribution in [3.8, 4) is 5.69 Å². The van der Waals surface area contributed by atoms with E-state index < -0.39 is 0 Å². The summed E-state index contributed by atoms with van der Waals surface area (Å²) in [6, 6.07) is 5.64. The van der Waals surface area contributed by atoms with Crippen LogP contribution in [0.1, 0.15) is 5.69 Å². The van der Waals surface area contributed by atoms with Gasteiger partial charge in [-0.1, -0.05) is 16.8 Å². The van der Waals surface area contributed by atoms with E-state index in [0.29, 0.717) is 11.6 Å². The number of halogens is 2. The molecule has 84 valence electrons. The number of hydrogen-bond acceptors (Lipinski definition) is 3. The Bertz CT molecular complexity index is 497. The van der Waals surface area contributed by atoms with E-state index in [2.05, 4.69) is 31.6 Å². The van der Waals surface area contributed by atoms with Crippen LogP contribution in [0.4, 0.5) is 0 Å². The molecule has 0 fully saturated rings. The lowest BCUT2D eigenvalue weighted by molar-refractivity contribution is 0.714. The van der Waals surface area contributed by atoms with Crippen LogP contribution in [0.5, 0.6) is 0 Å². The fourth-order valence-electron chi connectivity index (χ4n) is 1.39. The molecule has 0 unspecified atom stereocenters. The van der Waals surface area contributed by atoms with E-state index in [-0.39, 0.29) is 0 Å². The van der Waals surface area contributed by atoms with Crippen molar-refractivity contribution in [2.24, 2.45) is 0 Å². The maximum Gasteiger partial charge on any atom is 0.0783 e. The average molecular weight is 302 g/mol. The third-order valence-corrected chi connectivity index (χ3v) is 3.34. The minimum atomic E-state index is 0.680. The number of hydrogen-bond donors (Lipinski definition) is 1. The van der Waals surface area contributed by atoms with Gasteiger partial charge in [0.15, 0.2) is 0 Å². The Kier molecular flexibility index (Phi) is 3.58. The molecule has 0 amide bonds. The Balaban J connectivity index is 2.42. The number of nitrogens with zero attached hydrogens (tertiary/aromatic N) is 3. The van der Waals surface area contributed by atoms with E-state index in [1.807, 2.05) is 25.2 Å². The van der Waals surface area contributed by atoms with Crippen molar-refractivity contribution in [3.05, 3.63) is 39.6 Å². The largest absolute Gasteiger partial charge is 0.314 e. The van der Waals surface area contributed by atoms with E-state index in [1.54, 1.807) is 10.9 Å². The van der Waals surface area contributed by atoms with Gasteiger partial charge in [0, 0.05) is 11.0 Å². The lowest BCUT2D eigenvalue weighted by atomic mass is 10.3. The Labute approximate surface area is 107 Å². The van der Waals surface area contributed by atoms with Gasteiger partial charge in [-0.2, -0.15) is 0 Å². The first-order valence-electron chi connectivity index (χ1n) is 4.72. The Morgan fingerprint density at radius 3 is 3.00 bits per heavy atom. The molecule has 0 bridgehead atoms. The van der Waals surface area contributed by atoms with E-state index in [9.17, 15) is 0 Å². The topological polar surface area (TPSA) is 42.7 Å². The fourth-order valence-corrected chi connectivity index (χ4v) is 1.88. The molecule has 0 atom stereocenters. The second-order valence-corrected chi connectivity index (χ2v) is 4.53. The molecule has 1 aromatic carbocycles. The number of aromatic nitrogens is 3. The maximum absolute atomic E-state index is 5.94. The van der Waals surface area contributed by atoms with Gasteiger partial charge in [0.2, 0.25) is 0 Å². The molecule has 6 heteroatoms. The fraction of sp³-hybridized carbons (Fsp3) is 0.200. The van der Waals surface area contributed by atoms with Crippen molar-refractivity contribution < 1.29 is 0 Å². The molecule has 0 aliphatic heterocycles. The monoisotopic (exact) mass is 300 g/mol. The quantitative estimate of drug-likeness (QED) is 0.946. The Hall–Kier alpha value is -0.910. The van der Waals surface area contributed by atoms with Crippen LogP contribution in [0.2, 0.25) is 5.02 Å². The van der Waals surface area contributed by atoms with Crippen molar-refractivity contribution in [3.63, 3.8) is 0 Å². The molecule has 0 aliphatic carbocycles. The predicted octanol–water partition coefficient (Wildman–Crippen LogP) is 2.40. The summed E-state index contributed by atoms with van der Waals surface area (Å²) >= 11 is 9.32. The lowest BCUT2D eigenvalue weighted by Crippen LogP contribution is -2.11. The van der Waals surface area contributed by atoms with Crippen molar-refractivity contribution in [2.75, 3.05) is 7.05 Å². The van der Waals surface area contributed by atoms with Crippen LogP contribution in [0.3, 0.4) is 0 Å². The van der Waals surface area contributed by atoms with Crippen molar-refractivity contribution in [1.29, 1.82) is 0 Å². The predicted molar refractivity (Wildman–Crippen MR) is 66.8 cm³/mol. The van der Waals surface area contributed by atoms with E-state index in [0.717, 1.165) is 15.9 Å². The molecule has 2 rings (SSSR count). The van der Waals surface area contributed by atoms with Gasteiger partial charge in [0.05, 0.1) is 22.6 Å². The molecule has 0 saturated heterocycles. The zero-order chi connectivity index (χ0) is 11.5. The summed E-state index contributed by atoms with van der Waals surface area (Å²) in [5.41, 5.74) is 1.93. The van der Waals surface area contributed by atoms with Crippen molar-refractivity contribution >= 4 is 27.5 Å². The summed E-state index contributed by atoms with van der Waals surface area (Å²) in [5.74, 6) is 0. The minimum absolute atomic E-state index is 0.680. The van der Waals surface area contributed by atoms with Gasteiger partial charge in [-0.05, 0) is 41.2 Å². The molecule has 1 N–H and O–H groups in total. The first-order chi connectivity index (χ1) is 7.72. The van der Waals surface area contributed by atoms with Crippen LogP contribution < -0.4 is 5.32 Å². The van der Waals surface area contributed by atoms with E-state index in [4.69, 9.17) is 11.6 Å². The van der Waals surface area contributed by atoms with Gasteiger partial charge >= 0.3 is 0 Å². The number of nitrogens with one attached hydrogen (secondary N) is 1. The molecule has 0 aliphatic rings. The molecule has 4 nitrogen and oxygen atoms in total. The van der Waals surface area contributed by atoms with Crippen molar-refractivity contribution in [1.82, 2.24) is 20.3 Å². The molecule has 16 heavy (non-hydrogen) atoms. The van der Waals surface area contributed by atoms with Crippen LogP contribution in [-0.4, -0.2) is 22.0 Å². The number of benzene rings is 1. The van der Waals surface area contributed by atoms with Crippen LogP contribution in [0.25, 0.3) is 5.69 Å². The summed E-state index contributed by atoms with van der Waals surface area (Å²) < 4.78 is 2.62. The normalized spacial score (nSPS) is 10.7. The van der Waals surface area contributed by atoms with E-state index in [1.165, 1.54) is 0 Å². The summed E-state index contributed by atoms with van der Waals surface area (Å²) in [6.45, 7) is 0.716. The second-order valence-electron chi connectivity index (χ2n) is 3.27. The number of rotatable bonds is 3. The third kappa shape index (κ3) is 2.26. The van der Waals surface area contributed by atoms with Crippen LogP contribution in [0.15, 0.2) is 28.9 Å². The average Bonchev–Trinajstić information content (AvgIpc) is 2.71. The summed E-state index contributed by atoms with van der Waals surface area (Å²) in [4.78, 5) is 0. The summed E-state index contributed by atoms with van der Waals surface area (Å²) in [7, 11) is 1.88. The van der Waals surface area contributed by atoms with Crippen LogP contribution in [0, 0.1) is 0 Å². The molecule has 1 aromatic heterocycles. The Morgan fingerprint density at radius 1 is 1.50 bits per heavy atom. The van der Waals surface area contributed by atoms with Gasteiger partial charge in [-0.3, -0.25) is 0 Å². The molecule has 2 aromatic rings. The highest BCUT2D eigenvalue weighted by Crippen LogP contribution is 2.25. The standard InChI is InChI=1S/C10H10BrClN4/c1-13-5-8-6-14-15-16(8)7-2-3-10(12)9(11)4-7/h2-4,6,13H,5H2,1H3. The molecule has 0 saturated carbocycles. The first-order valence-corrected chi connectivity index (χ1v) is 5.89. The third-order valence-electron chi connectivity index (χ3n) is 2.13. The highest BCUT2D eigenvalue weighted by molar-refractivity contribution is 9.10. The van der Waals surface area contributed by atoms with Gasteiger partial charge in [0.1, 0.15) is 0 Å². The smallest absolute Gasteiger partial charge is 0.0783 e. The van der Waals surface area contributed by atoms with Crippen molar-refractivity contribution in [2.45, 2.75) is 6.54 Å². The first kappa shape index (κ1) is 11.6. The van der Waals surface area contributed by atoms with Gasteiger partial charge in [-0.15, -0.1) is 5.10 Å². The zero-order valence-corrected chi connectivity index (χ0v) is 11.0. The minimum Gasteiger partial charge on any atom is -0.314 e. The van der Waals surface area contributed by atoms with E-state index >= 15 is 0 Å². The van der Waals surface area contributed by atoms with Gasteiger partial charge in [-0.25, -0.2) is 4.68 Å². The van der Waals surface area contributed by atoms with Crippen LogP contribution in [-0.2, 0) is 6.54 Å². The molecule has 0 spiro atoms. The highest BCUT2D eigenvalue weighted by atomic mass is 79.9. The van der Waals surface area contributed by atoms with Gasteiger partial charge in [0.25, 0.3) is 0 Å². The molecular weight excluding hydrogens is 291 g/mol. The van der Waals surface area contributed by atoms with Crippen LogP contribution >= 0.6 is 27.5 Å². The zero-order valence-electron chi connectivity index (χ0n) is 8.61.